The van der Waals surface area contributed by atoms with Crippen LogP contribution in [0, 0.1) is 0 Å². The molecule has 1 heterocycles. The standard InChI is InChI=1S/C25H32N2O4/c1-4-18(2)26-25(29)19(3)27(17-21-8-6-5-7-9-21)24(28)13-11-20-10-12-22-23(16-20)31-15-14-30-22/h5-10,12,16,18-19H,4,11,13-15,17H2,1-3H3,(H,26,29). The predicted molar refractivity (Wildman–Crippen MR) is 120 cm³/mol. The Balaban J connectivity index is 1.69. The molecule has 2 unspecified atom stereocenters. The normalized spacial score (nSPS) is 14.4. The molecule has 2 atom stereocenters. The molecule has 2 amide bonds. The Hall–Kier alpha value is -3.02. The van der Waals surface area contributed by atoms with Gasteiger partial charge in [0.1, 0.15) is 19.3 Å². The molecule has 0 fully saturated rings. The number of benzene rings is 2. The van der Waals surface area contributed by atoms with Gasteiger partial charge in [-0.2, -0.15) is 0 Å². The van der Waals surface area contributed by atoms with Crippen LogP contribution in [0.5, 0.6) is 11.5 Å². The summed E-state index contributed by atoms with van der Waals surface area (Å²) >= 11 is 0. The quantitative estimate of drug-likeness (QED) is 0.666. The average molecular weight is 425 g/mol. The van der Waals surface area contributed by atoms with Gasteiger partial charge in [-0.25, -0.2) is 0 Å². The molecule has 0 saturated heterocycles. The molecule has 6 nitrogen and oxygen atoms in total. The van der Waals surface area contributed by atoms with Crippen LogP contribution < -0.4 is 14.8 Å². The second-order valence-corrected chi connectivity index (χ2v) is 7.98. The number of nitrogens with zero attached hydrogens (tertiary/aromatic N) is 1. The van der Waals surface area contributed by atoms with Gasteiger partial charge in [0.25, 0.3) is 0 Å². The Labute approximate surface area is 184 Å². The number of hydrogen-bond acceptors (Lipinski definition) is 4. The zero-order chi connectivity index (χ0) is 22.2. The first-order chi connectivity index (χ1) is 15.0. The molecule has 2 aromatic carbocycles. The fraction of sp³-hybridized carbons (Fsp3) is 0.440. The van der Waals surface area contributed by atoms with Crippen molar-refractivity contribution >= 4 is 11.8 Å². The summed E-state index contributed by atoms with van der Waals surface area (Å²) in [6.45, 7) is 7.27. The molecule has 3 rings (SSSR count). The number of fused-ring (bicyclic) bond motifs is 1. The van der Waals surface area contributed by atoms with Crippen LogP contribution in [0.25, 0.3) is 0 Å². The van der Waals surface area contributed by atoms with E-state index in [0.29, 0.717) is 32.6 Å². The maximum absolute atomic E-state index is 13.2. The Bertz CT molecular complexity index is 884. The summed E-state index contributed by atoms with van der Waals surface area (Å²) in [7, 11) is 0. The van der Waals surface area contributed by atoms with Crippen molar-refractivity contribution in [3.63, 3.8) is 0 Å². The summed E-state index contributed by atoms with van der Waals surface area (Å²) in [4.78, 5) is 27.6. The van der Waals surface area contributed by atoms with Crippen LogP contribution >= 0.6 is 0 Å². The van der Waals surface area contributed by atoms with Crippen molar-refractivity contribution in [1.29, 1.82) is 0 Å². The van der Waals surface area contributed by atoms with Gasteiger partial charge >= 0.3 is 0 Å². The third-order valence-corrected chi connectivity index (χ3v) is 5.60. The fourth-order valence-electron chi connectivity index (χ4n) is 3.47. The Kier molecular flexibility index (Phi) is 7.93. The minimum absolute atomic E-state index is 0.0504. The van der Waals surface area contributed by atoms with Crippen LogP contribution in [0.4, 0.5) is 0 Å². The van der Waals surface area contributed by atoms with Crippen LogP contribution in [0.2, 0.25) is 0 Å². The second-order valence-electron chi connectivity index (χ2n) is 7.98. The van der Waals surface area contributed by atoms with Gasteiger partial charge in [-0.3, -0.25) is 9.59 Å². The lowest BCUT2D eigenvalue weighted by Gasteiger charge is -2.30. The third kappa shape index (κ3) is 6.23. The van der Waals surface area contributed by atoms with Crippen molar-refractivity contribution in [2.75, 3.05) is 13.2 Å². The van der Waals surface area contributed by atoms with Crippen molar-refractivity contribution in [3.05, 3.63) is 59.7 Å². The lowest BCUT2D eigenvalue weighted by Crippen LogP contribution is -2.49. The molecule has 31 heavy (non-hydrogen) atoms. The molecule has 0 spiro atoms. The van der Waals surface area contributed by atoms with Gasteiger partial charge in [-0.15, -0.1) is 0 Å². The minimum atomic E-state index is -0.554. The van der Waals surface area contributed by atoms with E-state index in [0.717, 1.165) is 29.0 Å². The van der Waals surface area contributed by atoms with E-state index in [-0.39, 0.29) is 17.9 Å². The van der Waals surface area contributed by atoms with E-state index >= 15 is 0 Å². The van der Waals surface area contributed by atoms with Gasteiger partial charge in [-0.05, 0) is 49.9 Å². The number of carbonyl (C=O) groups is 2. The summed E-state index contributed by atoms with van der Waals surface area (Å²) in [5, 5.41) is 3.00. The van der Waals surface area contributed by atoms with Gasteiger partial charge in [-0.1, -0.05) is 43.3 Å². The van der Waals surface area contributed by atoms with Crippen molar-refractivity contribution in [2.24, 2.45) is 0 Å². The first kappa shape index (κ1) is 22.7. The van der Waals surface area contributed by atoms with Gasteiger partial charge in [0, 0.05) is 19.0 Å². The SMILES string of the molecule is CCC(C)NC(=O)C(C)N(Cc1ccccc1)C(=O)CCc1ccc2c(c1)OCCO2. The van der Waals surface area contributed by atoms with E-state index in [2.05, 4.69) is 5.32 Å². The third-order valence-electron chi connectivity index (χ3n) is 5.60. The topological polar surface area (TPSA) is 67.9 Å². The van der Waals surface area contributed by atoms with Crippen LogP contribution in [-0.4, -0.2) is 42.0 Å². The molecular weight excluding hydrogens is 392 g/mol. The van der Waals surface area contributed by atoms with E-state index in [4.69, 9.17) is 9.47 Å². The van der Waals surface area contributed by atoms with Crippen molar-refractivity contribution < 1.29 is 19.1 Å². The molecule has 0 bridgehead atoms. The van der Waals surface area contributed by atoms with Crippen LogP contribution in [0.1, 0.15) is 44.7 Å². The van der Waals surface area contributed by atoms with E-state index in [9.17, 15) is 9.59 Å². The number of rotatable bonds is 9. The Morgan fingerprint density at radius 2 is 1.71 bits per heavy atom. The van der Waals surface area contributed by atoms with Gasteiger partial charge in [0.2, 0.25) is 11.8 Å². The summed E-state index contributed by atoms with van der Waals surface area (Å²) in [6.07, 6.45) is 1.73. The number of ether oxygens (including phenoxy) is 2. The molecule has 1 aliphatic heterocycles. The molecule has 0 radical (unpaired) electrons. The highest BCUT2D eigenvalue weighted by Crippen LogP contribution is 2.31. The van der Waals surface area contributed by atoms with E-state index in [1.54, 1.807) is 11.8 Å². The summed E-state index contributed by atoms with van der Waals surface area (Å²) in [5.41, 5.74) is 2.01. The van der Waals surface area contributed by atoms with Gasteiger partial charge in [0.05, 0.1) is 0 Å². The van der Waals surface area contributed by atoms with Crippen molar-refractivity contribution in [2.45, 2.75) is 58.7 Å². The molecule has 0 aliphatic carbocycles. The molecule has 0 saturated carbocycles. The maximum Gasteiger partial charge on any atom is 0.242 e. The highest BCUT2D eigenvalue weighted by atomic mass is 16.6. The van der Waals surface area contributed by atoms with Gasteiger partial charge < -0.3 is 19.7 Å². The summed E-state index contributed by atoms with van der Waals surface area (Å²) in [6, 6.07) is 15.1. The minimum Gasteiger partial charge on any atom is -0.486 e. The van der Waals surface area contributed by atoms with Crippen molar-refractivity contribution in [1.82, 2.24) is 10.2 Å². The van der Waals surface area contributed by atoms with E-state index in [1.807, 2.05) is 62.4 Å². The number of carbonyl (C=O) groups excluding carboxylic acids is 2. The van der Waals surface area contributed by atoms with Gasteiger partial charge in [0.15, 0.2) is 11.5 Å². The fourth-order valence-corrected chi connectivity index (χ4v) is 3.47. The highest BCUT2D eigenvalue weighted by molar-refractivity contribution is 5.87. The molecule has 1 N–H and O–H groups in total. The monoisotopic (exact) mass is 424 g/mol. The molecule has 2 aromatic rings. The molecule has 166 valence electrons. The first-order valence-corrected chi connectivity index (χ1v) is 11.0. The summed E-state index contributed by atoms with van der Waals surface area (Å²) in [5.74, 6) is 1.28. The number of nitrogens with one attached hydrogen (secondary N) is 1. The lowest BCUT2D eigenvalue weighted by molar-refractivity contribution is -0.140. The maximum atomic E-state index is 13.2. The van der Waals surface area contributed by atoms with E-state index in [1.165, 1.54) is 0 Å². The highest BCUT2D eigenvalue weighted by Gasteiger charge is 2.26. The van der Waals surface area contributed by atoms with Crippen LogP contribution in [-0.2, 0) is 22.6 Å². The van der Waals surface area contributed by atoms with Crippen LogP contribution in [0.15, 0.2) is 48.5 Å². The van der Waals surface area contributed by atoms with Crippen molar-refractivity contribution in [3.8, 4) is 11.5 Å². The smallest absolute Gasteiger partial charge is 0.242 e. The largest absolute Gasteiger partial charge is 0.486 e. The molecular formula is C25H32N2O4. The average Bonchev–Trinajstić information content (AvgIpc) is 2.80. The number of hydrogen-bond donors (Lipinski definition) is 1. The first-order valence-electron chi connectivity index (χ1n) is 11.0. The second kappa shape index (κ2) is 10.8. The Morgan fingerprint density at radius 1 is 1.00 bits per heavy atom. The van der Waals surface area contributed by atoms with Crippen LogP contribution in [0.3, 0.4) is 0 Å². The number of amides is 2. The lowest BCUT2D eigenvalue weighted by atomic mass is 10.1. The summed E-state index contributed by atoms with van der Waals surface area (Å²) < 4.78 is 11.2. The zero-order valence-corrected chi connectivity index (χ0v) is 18.6. The number of aryl methyl sites for hydroxylation is 1. The zero-order valence-electron chi connectivity index (χ0n) is 18.6. The van der Waals surface area contributed by atoms with E-state index < -0.39 is 6.04 Å². The predicted octanol–water partition coefficient (Wildman–Crippen LogP) is 3.72. The molecule has 1 aliphatic rings. The molecule has 6 heteroatoms. The Morgan fingerprint density at radius 3 is 2.42 bits per heavy atom. The molecule has 0 aromatic heterocycles.